The zero-order chi connectivity index (χ0) is 97.7. The van der Waals surface area contributed by atoms with E-state index >= 15 is 0 Å². The molecule has 27 aromatic rings. The number of nitrogens with zero attached hydrogens (tertiary/aromatic N) is 16. The summed E-state index contributed by atoms with van der Waals surface area (Å²) in [7, 11) is 0. The molecule has 13 aromatic carbocycles. The van der Waals surface area contributed by atoms with Gasteiger partial charge in [0.2, 0.25) is 0 Å². The Bertz CT molecular complexity index is 8790. The summed E-state index contributed by atoms with van der Waals surface area (Å²) in [6.07, 6.45) is 18.0. The molecule has 18 heteroatoms. The fourth-order valence-electron chi connectivity index (χ4n) is 20.2. The van der Waals surface area contributed by atoms with Crippen molar-refractivity contribution in [2.45, 2.75) is 13.8 Å². The van der Waals surface area contributed by atoms with Crippen LogP contribution in [-0.4, -0.2) is 78.1 Å². The van der Waals surface area contributed by atoms with Crippen LogP contribution in [0.2, 0.25) is 0 Å². The van der Waals surface area contributed by atoms with Gasteiger partial charge in [0.1, 0.15) is 11.4 Å². The summed E-state index contributed by atoms with van der Waals surface area (Å²) < 4.78 is 11.6. The molecule has 0 spiro atoms. The van der Waals surface area contributed by atoms with E-state index in [0.717, 1.165) is 193 Å². The molecule has 0 saturated heterocycles. The highest BCUT2D eigenvalue weighted by molar-refractivity contribution is 9.10. The zero-order valence-corrected chi connectivity index (χ0v) is 82.1. The van der Waals surface area contributed by atoms with Gasteiger partial charge in [-0.2, -0.15) is 0 Å². The highest BCUT2D eigenvalue weighted by Crippen LogP contribution is 2.45. The van der Waals surface area contributed by atoms with Gasteiger partial charge in [-0.1, -0.05) is 184 Å². The Morgan fingerprint density at radius 3 is 0.808 bits per heavy atom. The molecule has 14 heterocycles. The monoisotopic (exact) mass is 2000 g/mol. The molecular formula is C128H84Br2N16. The quantitative estimate of drug-likeness (QED) is 0.0897. The van der Waals surface area contributed by atoms with Gasteiger partial charge in [0, 0.05) is 154 Å². The SMILES string of the molecule is Cc1cc(-n2c3ccc(Br)cc3c3ncccc32)ccc1-c1ccc(-n2c3ccc(Br)cc3c3ncccc32)cc1C.c1ccc(-c2cccc(-c3ccc4c(c3)c3cc(-c5cccc(-c6ccccn6)c5)ccc3n4-c3cccc(-n4c5ccc(-c6cccc(-c7ccccn7)c6)cc5c5cc(-c6cccc(-c7ccccn7)c6)ccc54)c3)c2)nc1.c1ccc(-c2nc(-c3cccnc3)nc(-c3ccccn3)n2)nc1. The van der Waals surface area contributed by atoms with E-state index in [1.807, 2.05) is 146 Å². The fourth-order valence-corrected chi connectivity index (χ4v) is 20.9. The van der Waals surface area contributed by atoms with Crippen molar-refractivity contribution in [3.63, 3.8) is 0 Å². The first-order valence-corrected chi connectivity index (χ1v) is 49.8. The topological polar surface area (TPSA) is 174 Å². The van der Waals surface area contributed by atoms with E-state index in [1.54, 1.807) is 24.8 Å². The van der Waals surface area contributed by atoms with Crippen LogP contribution in [0.25, 0.3) is 245 Å². The van der Waals surface area contributed by atoms with E-state index in [1.165, 1.54) is 43.8 Å². The van der Waals surface area contributed by atoms with E-state index in [0.29, 0.717) is 28.9 Å². The second-order valence-electron chi connectivity index (χ2n) is 36.0. The van der Waals surface area contributed by atoms with E-state index in [-0.39, 0.29) is 0 Å². The smallest absolute Gasteiger partial charge is 0.182 e. The summed E-state index contributed by atoms with van der Waals surface area (Å²) in [6.45, 7) is 4.40. The Balaban J connectivity index is 0.000000138. The molecule has 0 N–H and O–H groups in total. The third kappa shape index (κ3) is 17.0. The predicted molar refractivity (Wildman–Crippen MR) is 600 cm³/mol. The molecule has 0 aliphatic carbocycles. The largest absolute Gasteiger partial charge is 0.309 e. The lowest BCUT2D eigenvalue weighted by Gasteiger charge is -2.15. The van der Waals surface area contributed by atoms with Crippen LogP contribution >= 0.6 is 31.9 Å². The summed E-state index contributed by atoms with van der Waals surface area (Å²) in [5.74, 6) is 1.55. The molecule has 0 aliphatic heterocycles. The number of aryl methyl sites for hydroxylation is 2. The standard InChI is InChI=1S/C74H48N6.C36H24Br2N4.C18H12N6/c1-5-36-75-67(24-1)57-18-9-14-49(40-57)53-28-32-71-63(44-53)64-45-54(50-15-10-19-58(41-50)68-25-2-6-37-76-68)29-33-72(64)79(71)61-22-13-23-62(48-61)80-73-34-30-55(51-16-11-20-59(42-51)69-26-3-7-38-77-69)46-65(73)66-47-56(31-35-74(66)80)52-17-12-21-60(43-52)70-27-4-8-39-78-70;1-21-17-25(41-31-13-7-23(37)19-29(31)35-33(41)5-3-15-39-35)9-11-27(21)28-12-10-26(18-22(28)2)42-32-14-8-24(38)20-30(32)36-34(42)6-4-16-40-36;1-3-10-20-14(7-1)17-22-16(13-6-5-9-19-12-13)23-18(24-17)15-8-2-4-11-21-15/h1-48H;3-20H,1-2H3;1-12H. The van der Waals surface area contributed by atoms with Gasteiger partial charge in [-0.15, -0.1) is 0 Å². The first kappa shape index (κ1) is 88.8. The first-order valence-electron chi connectivity index (χ1n) is 48.2. The lowest BCUT2D eigenvalue weighted by atomic mass is 9.95. The number of hydrogen-bond donors (Lipinski definition) is 0. The van der Waals surface area contributed by atoms with E-state index in [4.69, 9.17) is 9.97 Å². The van der Waals surface area contributed by atoms with Crippen LogP contribution in [0.5, 0.6) is 0 Å². The lowest BCUT2D eigenvalue weighted by Crippen LogP contribution is -2.01. The third-order valence-corrected chi connectivity index (χ3v) is 28.0. The minimum atomic E-state index is 0.505. The van der Waals surface area contributed by atoms with Gasteiger partial charge in [-0.3, -0.25) is 44.9 Å². The van der Waals surface area contributed by atoms with Crippen LogP contribution in [-0.2, 0) is 0 Å². The van der Waals surface area contributed by atoms with Crippen molar-refractivity contribution >= 4 is 119 Å². The van der Waals surface area contributed by atoms with Gasteiger partial charge in [0.25, 0.3) is 0 Å². The molecule has 14 aromatic heterocycles. The molecule has 690 valence electrons. The molecule has 0 amide bonds. The molecule has 0 atom stereocenters. The number of halogens is 2. The maximum Gasteiger partial charge on any atom is 0.182 e. The second-order valence-corrected chi connectivity index (χ2v) is 37.8. The Kier molecular flexibility index (Phi) is 23.4. The number of fused-ring (bicyclic) bond motifs is 12. The molecule has 0 aliphatic rings. The van der Waals surface area contributed by atoms with Crippen molar-refractivity contribution in [2.24, 2.45) is 0 Å². The summed E-state index contributed by atoms with van der Waals surface area (Å²) >= 11 is 7.28. The molecule has 146 heavy (non-hydrogen) atoms. The highest BCUT2D eigenvalue weighted by atomic mass is 79.9. The fraction of sp³-hybridized carbons (Fsp3) is 0.0156. The first-order chi connectivity index (χ1) is 72.0. The minimum Gasteiger partial charge on any atom is -0.309 e. The van der Waals surface area contributed by atoms with Crippen LogP contribution < -0.4 is 0 Å². The van der Waals surface area contributed by atoms with Gasteiger partial charge >= 0.3 is 0 Å². The van der Waals surface area contributed by atoms with Gasteiger partial charge < -0.3 is 18.3 Å². The highest BCUT2D eigenvalue weighted by Gasteiger charge is 2.24. The van der Waals surface area contributed by atoms with Crippen LogP contribution in [0.1, 0.15) is 11.1 Å². The van der Waals surface area contributed by atoms with Crippen molar-refractivity contribution in [3.05, 3.63) is 495 Å². The molecule has 0 saturated carbocycles. The maximum absolute atomic E-state index is 4.72. The molecule has 16 nitrogen and oxygen atoms in total. The van der Waals surface area contributed by atoms with E-state index in [9.17, 15) is 0 Å². The molecule has 0 unspecified atom stereocenters. The number of pyridine rings is 9. The van der Waals surface area contributed by atoms with Crippen molar-refractivity contribution in [2.75, 3.05) is 0 Å². The summed E-state index contributed by atoms with van der Waals surface area (Å²) in [5, 5.41) is 6.96. The Hall–Kier alpha value is -18.6. The van der Waals surface area contributed by atoms with Crippen molar-refractivity contribution < 1.29 is 0 Å². The maximum atomic E-state index is 4.72. The van der Waals surface area contributed by atoms with Gasteiger partial charge in [-0.25, -0.2) is 15.0 Å². The van der Waals surface area contributed by atoms with Crippen molar-refractivity contribution in [3.8, 4) is 158 Å². The van der Waals surface area contributed by atoms with Gasteiger partial charge in [0.15, 0.2) is 17.5 Å². The molecule has 0 fully saturated rings. The van der Waals surface area contributed by atoms with Crippen LogP contribution in [0.15, 0.2) is 483 Å². The average Bonchev–Trinajstić information content (AvgIpc) is 1.58. The lowest BCUT2D eigenvalue weighted by molar-refractivity contribution is 1.04. The average molecular weight is 2010 g/mol. The van der Waals surface area contributed by atoms with E-state index < -0.39 is 0 Å². The summed E-state index contributed by atoms with van der Waals surface area (Å²) in [4.78, 5) is 54.6. The molecule has 0 bridgehead atoms. The van der Waals surface area contributed by atoms with Gasteiger partial charge in [-0.05, 0) is 341 Å². The van der Waals surface area contributed by atoms with Crippen molar-refractivity contribution in [1.29, 1.82) is 0 Å². The van der Waals surface area contributed by atoms with Crippen LogP contribution in [0.3, 0.4) is 0 Å². The predicted octanol–water partition coefficient (Wildman–Crippen LogP) is 32.3. The van der Waals surface area contributed by atoms with Crippen molar-refractivity contribution in [1.82, 2.24) is 78.1 Å². The zero-order valence-electron chi connectivity index (χ0n) is 78.9. The molecular weight excluding hydrogens is 1920 g/mol. The van der Waals surface area contributed by atoms with E-state index in [2.05, 4.69) is 417 Å². The number of benzene rings is 13. The number of rotatable bonds is 16. The minimum absolute atomic E-state index is 0.505. The third-order valence-electron chi connectivity index (χ3n) is 27.0. The molecule has 0 radical (unpaired) electrons. The number of hydrogen-bond acceptors (Lipinski definition) is 12. The van der Waals surface area contributed by atoms with Crippen LogP contribution in [0.4, 0.5) is 0 Å². The summed E-state index contributed by atoms with van der Waals surface area (Å²) in [5.41, 5.74) is 39.7. The summed E-state index contributed by atoms with van der Waals surface area (Å²) in [6, 6.07) is 145. The van der Waals surface area contributed by atoms with Crippen LogP contribution in [0, 0.1) is 13.8 Å². The molecule has 27 rings (SSSR count). The second kappa shape index (κ2) is 38.4. The number of aromatic nitrogens is 16. The Morgan fingerprint density at radius 2 is 0.473 bits per heavy atom. The normalized spacial score (nSPS) is 11.4. The Labute approximate surface area is 857 Å². The van der Waals surface area contributed by atoms with Gasteiger partial charge in [0.05, 0.1) is 77.9 Å². The Morgan fingerprint density at radius 1 is 0.185 bits per heavy atom.